The molecule has 2 aliphatic heterocycles. The molecule has 0 fully saturated rings. The largest absolute Gasteiger partial charge is 0.497 e. The highest BCUT2D eigenvalue weighted by Crippen LogP contribution is 2.39. The van der Waals surface area contributed by atoms with Crippen molar-refractivity contribution < 1.29 is 18.7 Å². The summed E-state index contributed by atoms with van der Waals surface area (Å²) < 4.78 is 18.8. The van der Waals surface area contributed by atoms with Crippen molar-refractivity contribution in [1.29, 1.82) is 0 Å². The van der Waals surface area contributed by atoms with Crippen molar-refractivity contribution in [2.24, 2.45) is 10.1 Å². The van der Waals surface area contributed by atoms with E-state index in [9.17, 15) is 14.0 Å². The molecule has 0 saturated carbocycles. The molecule has 2 heterocycles. The minimum atomic E-state index is -0.641. The number of hydrogen-bond acceptors (Lipinski definition) is 6. The minimum Gasteiger partial charge on any atom is -0.497 e. The normalized spacial score (nSPS) is 18.8. The Morgan fingerprint density at radius 1 is 1.08 bits per heavy atom. The number of ether oxygens (including phenoxy) is 1. The van der Waals surface area contributed by atoms with Gasteiger partial charge in [-0.25, -0.2) is 9.40 Å². The molecule has 0 unspecified atom stereocenters. The standard InChI is InChI=1S/C29H27FN4O3S/c1-17-12-18(2)14-22(13-17)31-27(35)16-26-28(36)32-29(38-26)34-25(20-6-10-23(37-3)11-7-20)15-24(33-34)19-4-8-21(30)9-5-19/h4-14,25-26H,15-16H2,1-3H3,(H,31,35)/t25-,26-/m1/s1. The SMILES string of the molecule is COc1ccc([C@H]2CC(c3ccc(F)cc3)=NN2C2=NC(=O)[C@@H](CC(=O)Nc3cc(C)cc(C)c3)S2)cc1. The highest BCUT2D eigenvalue weighted by atomic mass is 32.2. The minimum absolute atomic E-state index is 0.000927. The number of nitrogens with one attached hydrogen (secondary N) is 1. The molecule has 7 nitrogen and oxygen atoms in total. The first-order valence-corrected chi connectivity index (χ1v) is 13.1. The number of amidine groups is 1. The number of rotatable bonds is 6. The second kappa shape index (κ2) is 10.8. The fourth-order valence-electron chi connectivity index (χ4n) is 4.62. The fourth-order valence-corrected chi connectivity index (χ4v) is 5.68. The van der Waals surface area contributed by atoms with Gasteiger partial charge < -0.3 is 10.1 Å². The van der Waals surface area contributed by atoms with Crippen LogP contribution in [0, 0.1) is 19.7 Å². The van der Waals surface area contributed by atoms with E-state index in [4.69, 9.17) is 9.84 Å². The number of methoxy groups -OCH3 is 1. The number of hydrogen-bond donors (Lipinski definition) is 1. The van der Waals surface area contributed by atoms with E-state index in [0.29, 0.717) is 17.3 Å². The molecule has 9 heteroatoms. The van der Waals surface area contributed by atoms with Crippen LogP contribution in [0.3, 0.4) is 0 Å². The highest BCUT2D eigenvalue weighted by Gasteiger charge is 2.39. The number of carbonyl (C=O) groups excluding carboxylic acids is 2. The van der Waals surface area contributed by atoms with Crippen LogP contribution in [0.4, 0.5) is 10.1 Å². The molecule has 2 atom stereocenters. The highest BCUT2D eigenvalue weighted by molar-refractivity contribution is 8.15. The summed E-state index contributed by atoms with van der Waals surface area (Å²) in [6, 6.07) is 19.4. The molecule has 0 aromatic heterocycles. The average molecular weight is 531 g/mol. The Morgan fingerprint density at radius 2 is 1.76 bits per heavy atom. The number of carbonyl (C=O) groups is 2. The Kier molecular flexibility index (Phi) is 7.28. The first-order valence-electron chi connectivity index (χ1n) is 12.2. The smallest absolute Gasteiger partial charge is 0.262 e. The number of thioether (sulfide) groups is 1. The number of amides is 2. The van der Waals surface area contributed by atoms with E-state index in [-0.39, 0.29) is 30.1 Å². The Bertz CT molecular complexity index is 1420. The van der Waals surface area contributed by atoms with Crippen molar-refractivity contribution in [3.05, 3.63) is 94.8 Å². The van der Waals surface area contributed by atoms with E-state index in [0.717, 1.165) is 33.7 Å². The van der Waals surface area contributed by atoms with Crippen LogP contribution in [-0.2, 0) is 9.59 Å². The second-order valence-electron chi connectivity index (χ2n) is 9.36. The molecule has 38 heavy (non-hydrogen) atoms. The van der Waals surface area contributed by atoms with Gasteiger partial charge in [0.15, 0.2) is 5.17 Å². The van der Waals surface area contributed by atoms with Crippen molar-refractivity contribution in [3.8, 4) is 5.75 Å². The molecule has 2 aliphatic rings. The molecule has 5 rings (SSSR count). The zero-order valence-corrected chi connectivity index (χ0v) is 22.1. The Labute approximate surface area is 224 Å². The van der Waals surface area contributed by atoms with Crippen LogP contribution in [0.2, 0.25) is 0 Å². The number of aryl methyl sites for hydroxylation is 2. The Balaban J connectivity index is 1.35. The molecule has 3 aromatic rings. The summed E-state index contributed by atoms with van der Waals surface area (Å²) in [6.45, 7) is 3.93. The maximum Gasteiger partial charge on any atom is 0.262 e. The molecular formula is C29H27FN4O3S. The van der Waals surface area contributed by atoms with Gasteiger partial charge in [-0.05, 0) is 72.5 Å². The van der Waals surface area contributed by atoms with Gasteiger partial charge in [0.05, 0.1) is 18.9 Å². The van der Waals surface area contributed by atoms with Crippen molar-refractivity contribution in [2.45, 2.75) is 38.0 Å². The third-order valence-corrected chi connectivity index (χ3v) is 7.53. The van der Waals surface area contributed by atoms with Gasteiger partial charge in [-0.3, -0.25) is 9.59 Å². The molecular weight excluding hydrogens is 503 g/mol. The van der Waals surface area contributed by atoms with Gasteiger partial charge in [0, 0.05) is 18.5 Å². The number of anilines is 1. The number of aliphatic imine (C=N–C) groups is 1. The van der Waals surface area contributed by atoms with Crippen LogP contribution in [0.1, 0.15) is 41.1 Å². The van der Waals surface area contributed by atoms with E-state index in [1.165, 1.54) is 23.9 Å². The van der Waals surface area contributed by atoms with Gasteiger partial charge in [0.25, 0.3) is 5.91 Å². The van der Waals surface area contributed by atoms with E-state index >= 15 is 0 Å². The van der Waals surface area contributed by atoms with E-state index in [2.05, 4.69) is 10.3 Å². The zero-order chi connectivity index (χ0) is 26.8. The summed E-state index contributed by atoms with van der Waals surface area (Å²) in [5.74, 6) is -0.199. The van der Waals surface area contributed by atoms with E-state index in [1.54, 1.807) is 24.3 Å². The van der Waals surface area contributed by atoms with Gasteiger partial charge in [0.2, 0.25) is 5.91 Å². The van der Waals surface area contributed by atoms with Gasteiger partial charge >= 0.3 is 0 Å². The summed E-state index contributed by atoms with van der Waals surface area (Å²) in [7, 11) is 1.61. The fraction of sp³-hybridized carbons (Fsp3) is 0.241. The molecule has 0 spiro atoms. The molecule has 1 N–H and O–H groups in total. The first kappa shape index (κ1) is 25.7. The summed E-state index contributed by atoms with van der Waals surface area (Å²) in [4.78, 5) is 29.9. The van der Waals surface area contributed by atoms with Gasteiger partial charge in [-0.1, -0.05) is 42.1 Å². The van der Waals surface area contributed by atoms with Crippen LogP contribution >= 0.6 is 11.8 Å². The monoisotopic (exact) mass is 530 g/mol. The summed E-state index contributed by atoms with van der Waals surface area (Å²) in [6.07, 6.45) is 0.544. The quantitative estimate of drug-likeness (QED) is 0.447. The summed E-state index contributed by atoms with van der Waals surface area (Å²) in [5.41, 5.74) is 5.33. The molecule has 3 aromatic carbocycles. The molecule has 194 valence electrons. The lowest BCUT2D eigenvalue weighted by atomic mass is 9.98. The van der Waals surface area contributed by atoms with Crippen LogP contribution in [-0.4, -0.2) is 40.1 Å². The molecule has 0 aliphatic carbocycles. The van der Waals surface area contributed by atoms with Crippen molar-refractivity contribution in [2.75, 3.05) is 12.4 Å². The van der Waals surface area contributed by atoms with E-state index in [1.807, 2.05) is 56.3 Å². The average Bonchev–Trinajstić information content (AvgIpc) is 3.48. The predicted octanol–water partition coefficient (Wildman–Crippen LogP) is 5.63. The molecule has 0 saturated heterocycles. The van der Waals surface area contributed by atoms with Crippen molar-refractivity contribution in [1.82, 2.24) is 5.01 Å². The Hall–Kier alpha value is -3.98. The number of nitrogens with zero attached hydrogens (tertiary/aromatic N) is 3. The molecule has 2 amide bonds. The lowest BCUT2D eigenvalue weighted by Crippen LogP contribution is -2.25. The van der Waals surface area contributed by atoms with E-state index < -0.39 is 5.25 Å². The zero-order valence-electron chi connectivity index (χ0n) is 21.3. The molecule has 0 radical (unpaired) electrons. The van der Waals surface area contributed by atoms with Crippen molar-refractivity contribution >= 4 is 40.1 Å². The van der Waals surface area contributed by atoms with Crippen LogP contribution in [0.5, 0.6) is 5.75 Å². The maximum absolute atomic E-state index is 13.5. The summed E-state index contributed by atoms with van der Waals surface area (Å²) in [5, 5.41) is 9.23. The lowest BCUT2D eigenvalue weighted by molar-refractivity contribution is -0.121. The van der Waals surface area contributed by atoms with Crippen molar-refractivity contribution in [3.63, 3.8) is 0 Å². The second-order valence-corrected chi connectivity index (χ2v) is 10.5. The lowest BCUT2D eigenvalue weighted by Gasteiger charge is -2.23. The topological polar surface area (TPSA) is 83.4 Å². The number of hydrazone groups is 1. The first-order chi connectivity index (χ1) is 18.3. The maximum atomic E-state index is 13.5. The van der Waals surface area contributed by atoms with Crippen LogP contribution in [0.15, 0.2) is 76.8 Å². The van der Waals surface area contributed by atoms with Gasteiger partial charge in [0.1, 0.15) is 16.8 Å². The summed E-state index contributed by atoms with van der Waals surface area (Å²) >= 11 is 1.24. The predicted molar refractivity (Wildman–Crippen MR) is 148 cm³/mol. The van der Waals surface area contributed by atoms with Gasteiger partial charge in [-0.15, -0.1) is 0 Å². The van der Waals surface area contributed by atoms with Crippen LogP contribution in [0.25, 0.3) is 0 Å². The van der Waals surface area contributed by atoms with Gasteiger partial charge in [-0.2, -0.15) is 10.1 Å². The number of halogens is 1. The Morgan fingerprint density at radius 3 is 2.42 bits per heavy atom. The number of benzene rings is 3. The third kappa shape index (κ3) is 5.62. The third-order valence-electron chi connectivity index (χ3n) is 6.39. The van der Waals surface area contributed by atoms with Crippen LogP contribution < -0.4 is 10.1 Å². The molecule has 0 bridgehead atoms.